The summed E-state index contributed by atoms with van der Waals surface area (Å²) in [6, 6.07) is 8.47. The molecule has 0 aliphatic heterocycles. The van der Waals surface area contributed by atoms with Gasteiger partial charge in [0.2, 0.25) is 0 Å². The number of hydrogen-bond acceptors (Lipinski definition) is 3. The number of likely N-dealkylation sites (N-methyl/N-ethyl adjacent to an activating group) is 1. The zero-order valence-corrected chi connectivity index (χ0v) is 11.3. The van der Waals surface area contributed by atoms with E-state index in [2.05, 4.69) is 18.9 Å². The Balaban J connectivity index is 1.87. The first-order valence-electron chi connectivity index (χ1n) is 6.81. The minimum atomic E-state index is -0.407. The zero-order chi connectivity index (χ0) is 13.0. The fraction of sp³-hybridized carbons (Fsp3) is 0.600. The molecule has 0 heterocycles. The lowest BCUT2D eigenvalue weighted by molar-refractivity contribution is 0.123. The summed E-state index contributed by atoms with van der Waals surface area (Å²) in [5, 5.41) is 10.2. The molecule has 1 aliphatic carbocycles. The molecular formula is C15H23NO2. The molecule has 1 N–H and O–H groups in total. The van der Waals surface area contributed by atoms with Crippen LogP contribution in [0.2, 0.25) is 0 Å². The molecule has 1 unspecified atom stereocenters. The van der Waals surface area contributed by atoms with Crippen LogP contribution in [0.5, 0.6) is 5.75 Å². The van der Waals surface area contributed by atoms with Crippen LogP contribution in [0.4, 0.5) is 0 Å². The number of nitrogens with zero attached hydrogens (tertiary/aromatic N) is 1. The molecule has 0 radical (unpaired) electrons. The molecule has 100 valence electrons. The highest BCUT2D eigenvalue weighted by atomic mass is 16.5. The largest absolute Gasteiger partial charge is 0.494 e. The Hall–Kier alpha value is -1.06. The number of benzene rings is 1. The van der Waals surface area contributed by atoms with Crippen molar-refractivity contribution in [2.45, 2.75) is 38.3 Å². The number of aliphatic hydroxyl groups is 1. The molecule has 1 saturated carbocycles. The van der Waals surface area contributed by atoms with E-state index in [9.17, 15) is 5.11 Å². The van der Waals surface area contributed by atoms with E-state index in [4.69, 9.17) is 4.74 Å². The molecule has 0 amide bonds. The molecule has 0 bridgehead atoms. The van der Waals surface area contributed by atoms with Gasteiger partial charge in [0.1, 0.15) is 5.75 Å². The van der Waals surface area contributed by atoms with E-state index in [-0.39, 0.29) is 0 Å². The highest BCUT2D eigenvalue weighted by Gasteiger charge is 2.27. The van der Waals surface area contributed by atoms with E-state index in [1.807, 2.05) is 24.3 Å². The Kier molecular flexibility index (Phi) is 4.61. The second-order valence-corrected chi connectivity index (χ2v) is 5.10. The second-order valence-electron chi connectivity index (χ2n) is 5.10. The number of aliphatic hydroxyl groups excluding tert-OH is 1. The van der Waals surface area contributed by atoms with Gasteiger partial charge in [0, 0.05) is 12.6 Å². The summed E-state index contributed by atoms with van der Waals surface area (Å²) in [4.78, 5) is 2.24. The van der Waals surface area contributed by atoms with Crippen molar-refractivity contribution in [1.82, 2.24) is 4.90 Å². The van der Waals surface area contributed by atoms with Gasteiger partial charge in [-0.05, 0) is 44.0 Å². The van der Waals surface area contributed by atoms with E-state index in [0.29, 0.717) is 12.6 Å². The predicted octanol–water partition coefficient (Wildman–Crippen LogP) is 2.60. The van der Waals surface area contributed by atoms with Gasteiger partial charge in [0.15, 0.2) is 0 Å². The molecule has 2 rings (SSSR count). The number of hydrogen-bond donors (Lipinski definition) is 1. The Morgan fingerprint density at radius 1 is 1.33 bits per heavy atom. The van der Waals surface area contributed by atoms with Gasteiger partial charge < -0.3 is 14.7 Å². The van der Waals surface area contributed by atoms with Gasteiger partial charge >= 0.3 is 0 Å². The maximum absolute atomic E-state index is 10.2. The quantitative estimate of drug-likeness (QED) is 0.806. The average molecular weight is 249 g/mol. The monoisotopic (exact) mass is 249 g/mol. The lowest BCUT2D eigenvalue weighted by Crippen LogP contribution is -2.26. The van der Waals surface area contributed by atoms with E-state index < -0.39 is 6.10 Å². The van der Waals surface area contributed by atoms with Crippen LogP contribution < -0.4 is 4.74 Å². The minimum absolute atomic E-state index is 0.407. The summed E-state index contributed by atoms with van der Waals surface area (Å²) in [5.41, 5.74) is 0.964. The summed E-state index contributed by atoms with van der Waals surface area (Å²) < 4.78 is 5.53. The third-order valence-electron chi connectivity index (χ3n) is 3.37. The van der Waals surface area contributed by atoms with Crippen LogP contribution in [0.25, 0.3) is 0 Å². The number of rotatable bonds is 7. The van der Waals surface area contributed by atoms with Crippen molar-refractivity contribution in [3.63, 3.8) is 0 Å². The van der Waals surface area contributed by atoms with Gasteiger partial charge in [-0.1, -0.05) is 19.1 Å². The summed E-state index contributed by atoms with van der Waals surface area (Å²) >= 11 is 0. The molecule has 1 atom stereocenters. The molecule has 1 aromatic carbocycles. The van der Waals surface area contributed by atoms with E-state index in [1.165, 1.54) is 12.8 Å². The van der Waals surface area contributed by atoms with E-state index in [0.717, 1.165) is 24.3 Å². The van der Waals surface area contributed by atoms with E-state index in [1.54, 1.807) is 0 Å². The van der Waals surface area contributed by atoms with Crippen molar-refractivity contribution in [2.75, 3.05) is 20.2 Å². The zero-order valence-electron chi connectivity index (χ0n) is 11.3. The van der Waals surface area contributed by atoms with Crippen molar-refractivity contribution in [2.24, 2.45) is 0 Å². The molecule has 1 aromatic rings. The van der Waals surface area contributed by atoms with Crippen molar-refractivity contribution in [3.8, 4) is 5.75 Å². The lowest BCUT2D eigenvalue weighted by atomic mass is 10.1. The standard InChI is InChI=1S/C15H23NO2/c1-3-10-18-14-8-4-12(5-9-14)15(17)11-16(2)13-6-7-13/h4-5,8-9,13,15,17H,3,6-7,10-11H2,1-2H3. The SMILES string of the molecule is CCCOc1ccc(C(O)CN(C)C2CC2)cc1. The molecule has 18 heavy (non-hydrogen) atoms. The molecule has 3 nitrogen and oxygen atoms in total. The van der Waals surface area contributed by atoms with Crippen LogP contribution in [0.15, 0.2) is 24.3 Å². The third kappa shape index (κ3) is 3.72. The summed E-state index contributed by atoms with van der Waals surface area (Å²) in [5.74, 6) is 0.878. The molecule has 1 fully saturated rings. The van der Waals surface area contributed by atoms with Crippen LogP contribution >= 0.6 is 0 Å². The predicted molar refractivity (Wildman–Crippen MR) is 72.8 cm³/mol. The minimum Gasteiger partial charge on any atom is -0.494 e. The Morgan fingerprint density at radius 2 is 2.00 bits per heavy atom. The molecule has 0 saturated heterocycles. The van der Waals surface area contributed by atoms with E-state index >= 15 is 0 Å². The smallest absolute Gasteiger partial charge is 0.119 e. The summed E-state index contributed by atoms with van der Waals surface area (Å²) in [6.45, 7) is 3.54. The lowest BCUT2D eigenvalue weighted by Gasteiger charge is -2.20. The summed E-state index contributed by atoms with van der Waals surface area (Å²) in [6.07, 6.45) is 3.15. The fourth-order valence-corrected chi connectivity index (χ4v) is 2.05. The van der Waals surface area contributed by atoms with Crippen molar-refractivity contribution >= 4 is 0 Å². The van der Waals surface area contributed by atoms with Gasteiger partial charge in [0.25, 0.3) is 0 Å². The highest BCUT2D eigenvalue weighted by molar-refractivity contribution is 5.28. The van der Waals surface area contributed by atoms with Gasteiger partial charge in [-0.3, -0.25) is 0 Å². The van der Waals surface area contributed by atoms with Crippen LogP contribution in [0, 0.1) is 0 Å². The maximum atomic E-state index is 10.2. The molecule has 0 aromatic heterocycles. The van der Waals surface area contributed by atoms with Crippen LogP contribution in [0.1, 0.15) is 37.9 Å². The van der Waals surface area contributed by atoms with Gasteiger partial charge in [-0.2, -0.15) is 0 Å². The fourth-order valence-electron chi connectivity index (χ4n) is 2.05. The average Bonchev–Trinajstić information content (AvgIpc) is 3.21. The van der Waals surface area contributed by atoms with Crippen molar-refractivity contribution < 1.29 is 9.84 Å². The topological polar surface area (TPSA) is 32.7 Å². The molecular weight excluding hydrogens is 226 g/mol. The first-order valence-corrected chi connectivity index (χ1v) is 6.81. The molecule has 1 aliphatic rings. The first-order chi connectivity index (χ1) is 8.70. The van der Waals surface area contributed by atoms with Crippen LogP contribution in [0.3, 0.4) is 0 Å². The van der Waals surface area contributed by atoms with Crippen molar-refractivity contribution in [3.05, 3.63) is 29.8 Å². The van der Waals surface area contributed by atoms with Crippen molar-refractivity contribution in [1.29, 1.82) is 0 Å². The Morgan fingerprint density at radius 3 is 2.56 bits per heavy atom. The van der Waals surface area contributed by atoms with Gasteiger partial charge in [-0.15, -0.1) is 0 Å². The highest BCUT2D eigenvalue weighted by Crippen LogP contribution is 2.27. The van der Waals surface area contributed by atoms with Crippen LogP contribution in [-0.4, -0.2) is 36.2 Å². The number of ether oxygens (including phenoxy) is 1. The third-order valence-corrected chi connectivity index (χ3v) is 3.37. The van der Waals surface area contributed by atoms with Crippen LogP contribution in [-0.2, 0) is 0 Å². The molecule has 3 heteroatoms. The maximum Gasteiger partial charge on any atom is 0.119 e. The van der Waals surface area contributed by atoms with Gasteiger partial charge in [0.05, 0.1) is 12.7 Å². The second kappa shape index (κ2) is 6.21. The summed E-state index contributed by atoms with van der Waals surface area (Å²) in [7, 11) is 2.08. The first kappa shape index (κ1) is 13.4. The molecule has 0 spiro atoms. The Bertz CT molecular complexity index is 359. The Labute approximate surface area is 109 Å². The normalized spacial score (nSPS) is 16.9. The van der Waals surface area contributed by atoms with Gasteiger partial charge in [-0.25, -0.2) is 0 Å².